The summed E-state index contributed by atoms with van der Waals surface area (Å²) in [6, 6.07) is 7.67. The quantitative estimate of drug-likeness (QED) is 0.722. The molecule has 0 aliphatic carbocycles. The van der Waals surface area contributed by atoms with Gasteiger partial charge in [0.25, 0.3) is 0 Å². The predicted octanol–water partition coefficient (Wildman–Crippen LogP) is 2.78. The number of fused-ring (bicyclic) bond motifs is 1. The smallest absolute Gasteiger partial charge is 0.0814 e. The number of aliphatic hydroxyl groups is 1. The van der Waals surface area contributed by atoms with Crippen LogP contribution in [0.25, 0.3) is 10.9 Å². The maximum Gasteiger partial charge on any atom is 0.0814 e. The number of anilines is 2. The molecule has 19 heavy (non-hydrogen) atoms. The fourth-order valence-electron chi connectivity index (χ4n) is 2.09. The minimum atomic E-state index is -0.684. The molecular formula is C15H21N3O. The third-order valence-electron chi connectivity index (χ3n) is 3.75. The first-order valence-electron chi connectivity index (χ1n) is 6.69. The van der Waals surface area contributed by atoms with Crippen molar-refractivity contribution in [3.8, 4) is 0 Å². The van der Waals surface area contributed by atoms with Gasteiger partial charge in [-0.2, -0.15) is 0 Å². The van der Waals surface area contributed by atoms with Crippen molar-refractivity contribution >= 4 is 22.3 Å². The van der Waals surface area contributed by atoms with Crippen LogP contribution in [0.15, 0.2) is 30.5 Å². The Hall–Kier alpha value is -1.81. The number of aromatic nitrogens is 1. The van der Waals surface area contributed by atoms with E-state index in [0.29, 0.717) is 25.1 Å². The third kappa shape index (κ3) is 2.79. The number of benzene rings is 1. The number of nitrogens with two attached hydrogens (primary N) is 1. The van der Waals surface area contributed by atoms with Crippen molar-refractivity contribution in [2.24, 2.45) is 0 Å². The first kappa shape index (κ1) is 13.6. The van der Waals surface area contributed by atoms with E-state index < -0.39 is 5.60 Å². The van der Waals surface area contributed by atoms with E-state index in [4.69, 9.17) is 5.73 Å². The molecule has 4 heteroatoms. The summed E-state index contributed by atoms with van der Waals surface area (Å²) in [5.74, 6) is 0. The van der Waals surface area contributed by atoms with Gasteiger partial charge in [0.05, 0.1) is 22.5 Å². The van der Waals surface area contributed by atoms with Gasteiger partial charge in [0.1, 0.15) is 0 Å². The highest BCUT2D eigenvalue weighted by Gasteiger charge is 2.22. The second kappa shape index (κ2) is 5.45. The molecule has 1 heterocycles. The molecule has 0 aliphatic heterocycles. The Morgan fingerprint density at radius 3 is 2.68 bits per heavy atom. The lowest BCUT2D eigenvalue weighted by Gasteiger charge is -2.26. The largest absolute Gasteiger partial charge is 0.397 e. The van der Waals surface area contributed by atoms with E-state index in [-0.39, 0.29) is 0 Å². The molecule has 0 radical (unpaired) electrons. The predicted molar refractivity (Wildman–Crippen MR) is 80.2 cm³/mol. The molecule has 1 aromatic carbocycles. The maximum absolute atomic E-state index is 10.3. The molecule has 0 bridgehead atoms. The Balaban J connectivity index is 2.24. The molecule has 0 unspecified atom stereocenters. The summed E-state index contributed by atoms with van der Waals surface area (Å²) in [6.07, 6.45) is 3.18. The van der Waals surface area contributed by atoms with Gasteiger partial charge in [0, 0.05) is 18.1 Å². The van der Waals surface area contributed by atoms with Gasteiger partial charge in [-0.3, -0.25) is 4.98 Å². The Morgan fingerprint density at radius 1 is 1.26 bits per heavy atom. The monoisotopic (exact) mass is 259 g/mol. The number of hydrogen-bond acceptors (Lipinski definition) is 4. The SMILES string of the molecule is CCC(O)(CC)CNc1ccc2ncccc2c1N. The first-order chi connectivity index (χ1) is 9.09. The summed E-state index contributed by atoms with van der Waals surface area (Å²) in [7, 11) is 0. The van der Waals surface area contributed by atoms with Crippen molar-refractivity contribution in [2.45, 2.75) is 32.3 Å². The van der Waals surface area contributed by atoms with E-state index >= 15 is 0 Å². The Morgan fingerprint density at radius 2 is 2.00 bits per heavy atom. The average molecular weight is 259 g/mol. The van der Waals surface area contributed by atoms with Crippen LogP contribution < -0.4 is 11.1 Å². The van der Waals surface area contributed by atoms with Gasteiger partial charge < -0.3 is 16.2 Å². The average Bonchev–Trinajstić information content (AvgIpc) is 2.46. The standard InChI is InChI=1S/C15H21N3O/c1-3-15(19,4-2)10-18-13-8-7-12-11(14(13)16)6-5-9-17-12/h5-9,18-19H,3-4,10,16H2,1-2H3. The summed E-state index contributed by atoms with van der Waals surface area (Å²) in [5, 5.41) is 14.5. The van der Waals surface area contributed by atoms with Crippen molar-refractivity contribution in [2.75, 3.05) is 17.6 Å². The molecule has 0 fully saturated rings. The molecule has 0 aliphatic rings. The molecule has 0 spiro atoms. The summed E-state index contributed by atoms with van der Waals surface area (Å²) < 4.78 is 0. The van der Waals surface area contributed by atoms with Crippen LogP contribution in [0.2, 0.25) is 0 Å². The highest BCUT2D eigenvalue weighted by molar-refractivity contribution is 5.96. The van der Waals surface area contributed by atoms with Gasteiger partial charge in [0.2, 0.25) is 0 Å². The van der Waals surface area contributed by atoms with Crippen LogP contribution in [0.5, 0.6) is 0 Å². The zero-order valence-electron chi connectivity index (χ0n) is 11.5. The van der Waals surface area contributed by atoms with E-state index in [9.17, 15) is 5.11 Å². The van der Waals surface area contributed by atoms with Crippen molar-refractivity contribution < 1.29 is 5.11 Å². The summed E-state index contributed by atoms with van der Waals surface area (Å²) in [4.78, 5) is 4.27. The Kier molecular flexibility index (Phi) is 3.90. The molecule has 0 saturated heterocycles. The lowest BCUT2D eigenvalue weighted by atomic mass is 9.97. The second-order valence-electron chi connectivity index (χ2n) is 4.88. The minimum Gasteiger partial charge on any atom is -0.397 e. The summed E-state index contributed by atoms with van der Waals surface area (Å²) in [6.45, 7) is 4.47. The van der Waals surface area contributed by atoms with E-state index in [1.165, 1.54) is 0 Å². The molecule has 0 saturated carbocycles. The molecule has 1 aromatic heterocycles. The molecule has 2 rings (SSSR count). The molecule has 0 atom stereocenters. The molecule has 4 nitrogen and oxygen atoms in total. The summed E-state index contributed by atoms with van der Waals surface area (Å²) in [5.41, 5.74) is 7.87. The van der Waals surface area contributed by atoms with Crippen molar-refractivity contribution in [1.29, 1.82) is 0 Å². The zero-order chi connectivity index (χ0) is 13.9. The number of hydrogen-bond donors (Lipinski definition) is 3. The van der Waals surface area contributed by atoms with Crippen LogP contribution >= 0.6 is 0 Å². The highest BCUT2D eigenvalue weighted by Crippen LogP contribution is 2.28. The maximum atomic E-state index is 10.3. The van der Waals surface area contributed by atoms with Crippen LogP contribution in [-0.2, 0) is 0 Å². The molecule has 4 N–H and O–H groups in total. The van der Waals surface area contributed by atoms with Crippen LogP contribution in [-0.4, -0.2) is 22.2 Å². The normalized spacial score (nSPS) is 11.7. The van der Waals surface area contributed by atoms with Crippen LogP contribution in [0.4, 0.5) is 11.4 Å². The Labute approximate surface area is 113 Å². The second-order valence-corrected chi connectivity index (χ2v) is 4.88. The highest BCUT2D eigenvalue weighted by atomic mass is 16.3. The van der Waals surface area contributed by atoms with Gasteiger partial charge in [-0.25, -0.2) is 0 Å². The lowest BCUT2D eigenvalue weighted by Crippen LogP contribution is -2.35. The topological polar surface area (TPSA) is 71.2 Å². The number of nitrogen functional groups attached to an aromatic ring is 1. The van der Waals surface area contributed by atoms with E-state index in [1.807, 2.05) is 38.1 Å². The van der Waals surface area contributed by atoms with E-state index in [2.05, 4.69) is 10.3 Å². The van der Waals surface area contributed by atoms with E-state index in [0.717, 1.165) is 16.6 Å². The van der Waals surface area contributed by atoms with Crippen molar-refractivity contribution in [3.63, 3.8) is 0 Å². The molecule has 102 valence electrons. The minimum absolute atomic E-state index is 0.496. The molecular weight excluding hydrogens is 238 g/mol. The van der Waals surface area contributed by atoms with Gasteiger partial charge in [-0.05, 0) is 37.1 Å². The van der Waals surface area contributed by atoms with Gasteiger partial charge in [-0.1, -0.05) is 13.8 Å². The van der Waals surface area contributed by atoms with Gasteiger partial charge in [0.15, 0.2) is 0 Å². The van der Waals surface area contributed by atoms with Gasteiger partial charge >= 0.3 is 0 Å². The number of nitrogens with zero attached hydrogens (tertiary/aromatic N) is 1. The molecule has 0 amide bonds. The molecule has 2 aromatic rings. The van der Waals surface area contributed by atoms with E-state index in [1.54, 1.807) is 6.20 Å². The van der Waals surface area contributed by atoms with Crippen LogP contribution in [0.1, 0.15) is 26.7 Å². The van der Waals surface area contributed by atoms with Gasteiger partial charge in [-0.15, -0.1) is 0 Å². The first-order valence-corrected chi connectivity index (χ1v) is 6.69. The van der Waals surface area contributed by atoms with Crippen molar-refractivity contribution in [3.05, 3.63) is 30.5 Å². The van der Waals surface area contributed by atoms with Crippen molar-refractivity contribution in [1.82, 2.24) is 4.98 Å². The number of pyridine rings is 1. The number of nitrogens with one attached hydrogen (secondary N) is 1. The van der Waals surface area contributed by atoms with Crippen LogP contribution in [0.3, 0.4) is 0 Å². The lowest BCUT2D eigenvalue weighted by molar-refractivity contribution is 0.0457. The third-order valence-corrected chi connectivity index (χ3v) is 3.75. The summed E-state index contributed by atoms with van der Waals surface area (Å²) >= 11 is 0. The number of rotatable bonds is 5. The fraction of sp³-hybridized carbons (Fsp3) is 0.400. The van der Waals surface area contributed by atoms with Crippen LogP contribution in [0, 0.1) is 0 Å². The Bertz CT molecular complexity index is 564. The zero-order valence-corrected chi connectivity index (χ0v) is 11.5. The fourth-order valence-corrected chi connectivity index (χ4v) is 2.09.